The molecule has 0 N–H and O–H groups in total. The number of hydrogen-bond acceptors (Lipinski definition) is 4. The zero-order valence-electron chi connectivity index (χ0n) is 12.7. The number of rotatable bonds is 3. The fraction of sp³-hybridized carbons (Fsp3) is 0.176. The Kier molecular flexibility index (Phi) is 3.54. The third-order valence-corrected chi connectivity index (χ3v) is 3.77. The predicted molar refractivity (Wildman–Crippen MR) is 86.9 cm³/mol. The Morgan fingerprint density at radius 3 is 2.65 bits per heavy atom. The summed E-state index contributed by atoms with van der Waals surface area (Å²) in [7, 11) is 0. The number of aromatic nitrogens is 2. The van der Waals surface area contributed by atoms with Crippen LogP contribution in [0.2, 0.25) is 0 Å². The highest BCUT2D eigenvalue weighted by molar-refractivity contribution is 5.97. The summed E-state index contributed by atoms with van der Waals surface area (Å²) in [5.74, 6) is 0. The number of nitro groups is 1. The van der Waals surface area contributed by atoms with Gasteiger partial charge < -0.3 is 4.57 Å². The van der Waals surface area contributed by atoms with Gasteiger partial charge in [-0.15, -0.1) is 0 Å². The molecule has 0 saturated carbocycles. The molecule has 0 fully saturated rings. The Morgan fingerprint density at radius 2 is 2.09 bits per heavy atom. The smallest absolute Gasteiger partial charge is 0.271 e. The van der Waals surface area contributed by atoms with Crippen molar-refractivity contribution in [2.45, 2.75) is 19.9 Å². The van der Waals surface area contributed by atoms with E-state index in [9.17, 15) is 10.1 Å². The van der Waals surface area contributed by atoms with Gasteiger partial charge in [-0.05, 0) is 32.0 Å². The van der Waals surface area contributed by atoms with Crippen molar-refractivity contribution in [3.8, 4) is 17.2 Å². The molecule has 2 aromatic heterocycles. The van der Waals surface area contributed by atoms with Crippen molar-refractivity contribution < 1.29 is 4.92 Å². The van der Waals surface area contributed by atoms with Crippen molar-refractivity contribution in [1.29, 1.82) is 5.26 Å². The lowest BCUT2D eigenvalue weighted by molar-refractivity contribution is -0.384. The van der Waals surface area contributed by atoms with Crippen LogP contribution in [0.3, 0.4) is 0 Å². The Labute approximate surface area is 132 Å². The third kappa shape index (κ3) is 2.53. The number of fused-ring (bicyclic) bond motifs is 1. The van der Waals surface area contributed by atoms with Crippen LogP contribution in [0.15, 0.2) is 42.7 Å². The zero-order chi connectivity index (χ0) is 16.6. The van der Waals surface area contributed by atoms with Crippen molar-refractivity contribution in [3.63, 3.8) is 0 Å². The van der Waals surface area contributed by atoms with E-state index in [1.807, 2.05) is 36.7 Å². The number of hydrogen-bond donors (Lipinski definition) is 0. The average molecular weight is 306 g/mol. The summed E-state index contributed by atoms with van der Waals surface area (Å²) >= 11 is 0. The van der Waals surface area contributed by atoms with E-state index in [1.165, 1.54) is 6.07 Å². The molecule has 0 spiro atoms. The van der Waals surface area contributed by atoms with Gasteiger partial charge in [0, 0.05) is 47.1 Å². The lowest BCUT2D eigenvalue weighted by atomic mass is 10.1. The van der Waals surface area contributed by atoms with Gasteiger partial charge >= 0.3 is 0 Å². The average Bonchev–Trinajstić information content (AvgIpc) is 2.94. The molecule has 3 rings (SSSR count). The highest BCUT2D eigenvalue weighted by Crippen LogP contribution is 2.34. The molecule has 0 amide bonds. The summed E-state index contributed by atoms with van der Waals surface area (Å²) < 4.78 is 2.01. The summed E-state index contributed by atoms with van der Waals surface area (Å²) in [5, 5.41) is 20.8. The van der Waals surface area contributed by atoms with Crippen molar-refractivity contribution in [3.05, 3.63) is 58.5 Å². The molecule has 2 heterocycles. The van der Waals surface area contributed by atoms with Crippen molar-refractivity contribution in [2.75, 3.05) is 0 Å². The van der Waals surface area contributed by atoms with Crippen molar-refractivity contribution >= 4 is 16.6 Å². The van der Waals surface area contributed by atoms with E-state index in [-0.39, 0.29) is 16.7 Å². The van der Waals surface area contributed by atoms with E-state index in [0.29, 0.717) is 5.69 Å². The SMILES string of the molecule is CC(C)n1cc(-c2ccc(C#N)nc2)c2ccc([N+](=O)[O-])cc21. The lowest BCUT2D eigenvalue weighted by Crippen LogP contribution is -1.98. The molecule has 6 heteroatoms. The second-order valence-corrected chi connectivity index (χ2v) is 5.55. The second kappa shape index (κ2) is 5.54. The van der Waals surface area contributed by atoms with Crippen LogP contribution in [0.5, 0.6) is 0 Å². The maximum Gasteiger partial charge on any atom is 0.271 e. The Morgan fingerprint density at radius 1 is 1.30 bits per heavy atom. The van der Waals surface area contributed by atoms with Gasteiger partial charge in [0.2, 0.25) is 0 Å². The standard InChI is InChI=1S/C17H14N4O2/c1-11(2)20-10-16(12-3-4-13(8-18)19-9-12)15-6-5-14(21(22)23)7-17(15)20/h3-7,9-11H,1-2H3. The van der Waals surface area contributed by atoms with Crippen molar-refractivity contribution in [1.82, 2.24) is 9.55 Å². The number of non-ortho nitro benzene ring substituents is 1. The van der Waals surface area contributed by atoms with Crippen LogP contribution >= 0.6 is 0 Å². The number of nitro benzene ring substituents is 1. The van der Waals surface area contributed by atoms with Crippen LogP contribution in [0, 0.1) is 21.4 Å². The summed E-state index contributed by atoms with van der Waals surface area (Å²) in [6.45, 7) is 4.05. The minimum absolute atomic E-state index is 0.0713. The molecular weight excluding hydrogens is 292 g/mol. The second-order valence-electron chi connectivity index (χ2n) is 5.55. The highest BCUT2D eigenvalue weighted by atomic mass is 16.6. The summed E-state index contributed by atoms with van der Waals surface area (Å²) in [4.78, 5) is 14.7. The summed E-state index contributed by atoms with van der Waals surface area (Å²) in [6.07, 6.45) is 3.63. The zero-order valence-corrected chi connectivity index (χ0v) is 12.7. The minimum Gasteiger partial charge on any atom is -0.344 e. The first kappa shape index (κ1) is 14.7. The molecule has 0 aliphatic rings. The van der Waals surface area contributed by atoms with E-state index in [2.05, 4.69) is 4.98 Å². The van der Waals surface area contributed by atoms with Crippen LogP contribution in [-0.2, 0) is 0 Å². The van der Waals surface area contributed by atoms with Crippen LogP contribution < -0.4 is 0 Å². The first-order chi connectivity index (χ1) is 11.0. The Bertz CT molecular complexity index is 934. The Hall–Kier alpha value is -3.20. The molecule has 0 aliphatic carbocycles. The molecule has 114 valence electrons. The lowest BCUT2D eigenvalue weighted by Gasteiger charge is -2.08. The maximum absolute atomic E-state index is 11.0. The molecule has 0 bridgehead atoms. The van der Waals surface area contributed by atoms with Gasteiger partial charge in [-0.3, -0.25) is 10.1 Å². The fourth-order valence-electron chi connectivity index (χ4n) is 2.63. The van der Waals surface area contributed by atoms with Crippen molar-refractivity contribution in [2.24, 2.45) is 0 Å². The predicted octanol–water partition coefficient (Wildman–Crippen LogP) is 4.06. The van der Waals surface area contributed by atoms with E-state index in [1.54, 1.807) is 24.4 Å². The summed E-state index contributed by atoms with van der Waals surface area (Å²) in [6, 6.07) is 10.5. The normalized spacial score (nSPS) is 10.9. The van der Waals surface area contributed by atoms with Crippen LogP contribution in [0.1, 0.15) is 25.6 Å². The monoisotopic (exact) mass is 306 g/mol. The largest absolute Gasteiger partial charge is 0.344 e. The summed E-state index contributed by atoms with van der Waals surface area (Å²) in [5.41, 5.74) is 3.07. The first-order valence-electron chi connectivity index (χ1n) is 7.16. The van der Waals surface area contributed by atoms with Gasteiger partial charge in [0.15, 0.2) is 0 Å². The van der Waals surface area contributed by atoms with Crippen LogP contribution in [0.4, 0.5) is 5.69 Å². The molecular formula is C17H14N4O2. The van der Waals surface area contributed by atoms with E-state index < -0.39 is 0 Å². The molecule has 6 nitrogen and oxygen atoms in total. The van der Waals surface area contributed by atoms with Gasteiger partial charge in [0.1, 0.15) is 11.8 Å². The molecule has 3 aromatic rings. The van der Waals surface area contributed by atoms with Crippen LogP contribution in [-0.4, -0.2) is 14.5 Å². The molecule has 0 saturated heterocycles. The number of nitriles is 1. The number of benzene rings is 1. The fourth-order valence-corrected chi connectivity index (χ4v) is 2.63. The van der Waals surface area contributed by atoms with Gasteiger partial charge in [-0.25, -0.2) is 4.98 Å². The van der Waals surface area contributed by atoms with E-state index >= 15 is 0 Å². The topological polar surface area (TPSA) is 84.8 Å². The van der Waals surface area contributed by atoms with E-state index in [4.69, 9.17) is 5.26 Å². The molecule has 0 unspecified atom stereocenters. The molecule has 23 heavy (non-hydrogen) atoms. The highest BCUT2D eigenvalue weighted by Gasteiger charge is 2.16. The van der Waals surface area contributed by atoms with Gasteiger partial charge in [0.05, 0.1) is 10.4 Å². The van der Waals surface area contributed by atoms with Gasteiger partial charge in [0.25, 0.3) is 5.69 Å². The van der Waals surface area contributed by atoms with Gasteiger partial charge in [-0.1, -0.05) is 0 Å². The molecule has 0 radical (unpaired) electrons. The van der Waals surface area contributed by atoms with Gasteiger partial charge in [-0.2, -0.15) is 5.26 Å². The van der Waals surface area contributed by atoms with E-state index in [0.717, 1.165) is 22.0 Å². The molecule has 1 aromatic carbocycles. The maximum atomic E-state index is 11.0. The number of nitrogens with zero attached hydrogens (tertiary/aromatic N) is 4. The minimum atomic E-state index is -0.389. The molecule has 0 aliphatic heterocycles. The molecule has 0 atom stereocenters. The first-order valence-corrected chi connectivity index (χ1v) is 7.16. The Balaban J connectivity index is 2.24. The van der Waals surface area contributed by atoms with Crippen LogP contribution in [0.25, 0.3) is 22.0 Å². The third-order valence-electron chi connectivity index (χ3n) is 3.77. The number of pyridine rings is 1. The quantitative estimate of drug-likeness (QED) is 0.539.